The first-order valence-corrected chi connectivity index (χ1v) is 7.11. The Morgan fingerprint density at radius 3 is 2.56 bits per heavy atom. The summed E-state index contributed by atoms with van der Waals surface area (Å²) in [6.45, 7) is 4.13. The van der Waals surface area contributed by atoms with E-state index in [4.69, 9.17) is 4.74 Å². The lowest BCUT2D eigenvalue weighted by Crippen LogP contribution is -2.09. The molecule has 0 saturated carbocycles. The number of carbonyl (C=O) groups is 2. The van der Waals surface area contributed by atoms with Crippen LogP contribution in [0.3, 0.4) is 0 Å². The maximum atomic E-state index is 11.7. The number of aryl methyl sites for hydroxylation is 1. The van der Waals surface area contributed by atoms with Crippen LogP contribution in [0.4, 0.5) is 0 Å². The molecule has 0 aliphatic carbocycles. The number of rotatable bonds is 6. The summed E-state index contributed by atoms with van der Waals surface area (Å²) in [7, 11) is 0. The highest BCUT2D eigenvalue weighted by Gasteiger charge is 2.12. The molecule has 0 bridgehead atoms. The van der Waals surface area contributed by atoms with Crippen molar-refractivity contribution in [1.82, 2.24) is 0 Å². The number of esters is 1. The van der Waals surface area contributed by atoms with Crippen molar-refractivity contribution in [2.75, 3.05) is 11.9 Å². The minimum absolute atomic E-state index is 0.126. The van der Waals surface area contributed by atoms with Gasteiger partial charge >= 0.3 is 5.97 Å². The average Bonchev–Trinajstić information content (AvgIpc) is 2.38. The second-order valence-electron chi connectivity index (χ2n) is 3.91. The van der Waals surface area contributed by atoms with E-state index < -0.39 is 0 Å². The molecular weight excluding hydrogens is 296 g/mol. The SMILES string of the molecule is CCOC(=O)c1ccc(CC(=O)CBr)cc1CC. The van der Waals surface area contributed by atoms with Crippen LogP contribution in [0.2, 0.25) is 0 Å². The van der Waals surface area contributed by atoms with Crippen LogP contribution in [0.15, 0.2) is 18.2 Å². The van der Waals surface area contributed by atoms with Crippen LogP contribution in [-0.4, -0.2) is 23.7 Å². The van der Waals surface area contributed by atoms with Gasteiger partial charge in [0.2, 0.25) is 0 Å². The van der Waals surface area contributed by atoms with Crippen LogP contribution in [0.1, 0.15) is 35.3 Å². The highest BCUT2D eigenvalue weighted by atomic mass is 79.9. The van der Waals surface area contributed by atoms with Crippen molar-refractivity contribution in [2.45, 2.75) is 26.7 Å². The summed E-state index contributed by atoms with van der Waals surface area (Å²) in [5.74, 6) is -0.173. The first kappa shape index (κ1) is 14.9. The normalized spacial score (nSPS) is 10.2. The number of carbonyl (C=O) groups excluding carboxylic acids is 2. The Labute approximate surface area is 116 Å². The van der Waals surface area contributed by atoms with Crippen molar-refractivity contribution < 1.29 is 14.3 Å². The zero-order valence-electron chi connectivity index (χ0n) is 10.7. The monoisotopic (exact) mass is 312 g/mol. The maximum absolute atomic E-state index is 11.7. The van der Waals surface area contributed by atoms with Gasteiger partial charge in [-0.25, -0.2) is 4.79 Å². The van der Waals surface area contributed by atoms with E-state index in [0.717, 1.165) is 17.5 Å². The van der Waals surface area contributed by atoms with Crippen LogP contribution >= 0.6 is 15.9 Å². The van der Waals surface area contributed by atoms with Crippen LogP contribution in [-0.2, 0) is 22.4 Å². The number of hydrogen-bond acceptors (Lipinski definition) is 3. The molecule has 0 unspecified atom stereocenters. The average molecular weight is 313 g/mol. The molecule has 0 aliphatic heterocycles. The van der Waals surface area contributed by atoms with Gasteiger partial charge in [-0.05, 0) is 30.5 Å². The number of Topliss-reactive ketones (excluding diaryl/α,β-unsaturated/α-hetero) is 1. The van der Waals surface area contributed by atoms with Gasteiger partial charge in [-0.15, -0.1) is 0 Å². The number of hydrogen-bond donors (Lipinski definition) is 0. The van der Waals surface area contributed by atoms with E-state index in [1.807, 2.05) is 19.1 Å². The third kappa shape index (κ3) is 3.95. The molecule has 0 aromatic heterocycles. The molecule has 0 spiro atoms. The third-order valence-electron chi connectivity index (χ3n) is 2.60. The highest BCUT2D eigenvalue weighted by molar-refractivity contribution is 9.09. The molecular formula is C14H17BrO3. The van der Waals surface area contributed by atoms with Crippen LogP contribution < -0.4 is 0 Å². The minimum atomic E-state index is -0.298. The maximum Gasteiger partial charge on any atom is 0.338 e. The molecule has 0 N–H and O–H groups in total. The molecule has 0 aliphatic rings. The predicted octanol–water partition coefficient (Wildman–Crippen LogP) is 2.93. The summed E-state index contributed by atoms with van der Waals surface area (Å²) in [6.07, 6.45) is 1.13. The Balaban J connectivity index is 2.96. The van der Waals surface area contributed by atoms with Gasteiger partial charge in [0.25, 0.3) is 0 Å². The van der Waals surface area contributed by atoms with Gasteiger partial charge in [0.05, 0.1) is 17.5 Å². The minimum Gasteiger partial charge on any atom is -0.462 e. The van der Waals surface area contributed by atoms with Crippen LogP contribution in [0.25, 0.3) is 0 Å². The fourth-order valence-corrected chi connectivity index (χ4v) is 1.93. The molecule has 1 aromatic carbocycles. The fraction of sp³-hybridized carbons (Fsp3) is 0.429. The molecule has 0 radical (unpaired) electrons. The largest absolute Gasteiger partial charge is 0.462 e. The lowest BCUT2D eigenvalue weighted by molar-refractivity contribution is -0.115. The van der Waals surface area contributed by atoms with E-state index in [-0.39, 0.29) is 11.8 Å². The number of halogens is 1. The Kier molecular flexibility index (Phi) is 6.05. The molecule has 0 heterocycles. The van der Waals surface area contributed by atoms with E-state index in [2.05, 4.69) is 15.9 Å². The van der Waals surface area contributed by atoms with Crippen LogP contribution in [0, 0.1) is 0 Å². The van der Waals surface area contributed by atoms with Gasteiger partial charge in [-0.3, -0.25) is 4.79 Å². The number of alkyl halides is 1. The van der Waals surface area contributed by atoms with Gasteiger partial charge in [0.1, 0.15) is 5.78 Å². The molecule has 0 amide bonds. The van der Waals surface area contributed by atoms with Gasteiger partial charge in [-0.1, -0.05) is 35.0 Å². The van der Waals surface area contributed by atoms with Crippen LogP contribution in [0.5, 0.6) is 0 Å². The number of ketones is 1. The van der Waals surface area contributed by atoms with Crippen molar-refractivity contribution in [3.8, 4) is 0 Å². The zero-order chi connectivity index (χ0) is 13.5. The molecule has 98 valence electrons. The first-order chi connectivity index (χ1) is 8.62. The lowest BCUT2D eigenvalue weighted by atomic mass is 9.99. The number of ether oxygens (including phenoxy) is 1. The van der Waals surface area contributed by atoms with E-state index >= 15 is 0 Å². The standard InChI is InChI=1S/C14H17BrO3/c1-3-11-7-10(8-12(16)9-15)5-6-13(11)14(17)18-4-2/h5-7H,3-4,8-9H2,1-2H3. The molecule has 0 atom stereocenters. The molecule has 4 heteroatoms. The summed E-state index contributed by atoms with van der Waals surface area (Å²) >= 11 is 3.14. The molecule has 0 fully saturated rings. The van der Waals surface area contributed by atoms with Gasteiger partial charge in [0, 0.05) is 6.42 Å². The van der Waals surface area contributed by atoms with E-state index in [1.54, 1.807) is 13.0 Å². The lowest BCUT2D eigenvalue weighted by Gasteiger charge is -2.09. The fourth-order valence-electron chi connectivity index (χ4n) is 1.73. The quantitative estimate of drug-likeness (QED) is 0.599. The van der Waals surface area contributed by atoms with Crippen molar-refractivity contribution in [2.24, 2.45) is 0 Å². The predicted molar refractivity (Wildman–Crippen MR) is 74.3 cm³/mol. The summed E-state index contributed by atoms with van der Waals surface area (Å²) in [4.78, 5) is 23.1. The molecule has 0 saturated heterocycles. The topological polar surface area (TPSA) is 43.4 Å². The third-order valence-corrected chi connectivity index (χ3v) is 3.22. The Morgan fingerprint density at radius 2 is 2.00 bits per heavy atom. The Morgan fingerprint density at radius 1 is 1.28 bits per heavy atom. The van der Waals surface area contributed by atoms with E-state index in [1.165, 1.54) is 0 Å². The second kappa shape index (κ2) is 7.31. The molecule has 1 aromatic rings. The van der Waals surface area contributed by atoms with E-state index in [0.29, 0.717) is 23.9 Å². The summed E-state index contributed by atoms with van der Waals surface area (Å²) in [5, 5.41) is 0.355. The van der Waals surface area contributed by atoms with Crippen molar-refractivity contribution in [3.05, 3.63) is 34.9 Å². The van der Waals surface area contributed by atoms with Crippen molar-refractivity contribution in [3.63, 3.8) is 0 Å². The smallest absolute Gasteiger partial charge is 0.338 e. The molecule has 18 heavy (non-hydrogen) atoms. The summed E-state index contributed by atoms with van der Waals surface area (Å²) < 4.78 is 5.00. The summed E-state index contributed by atoms with van der Waals surface area (Å²) in [6, 6.07) is 5.46. The van der Waals surface area contributed by atoms with E-state index in [9.17, 15) is 9.59 Å². The zero-order valence-corrected chi connectivity index (χ0v) is 12.2. The molecule has 3 nitrogen and oxygen atoms in total. The van der Waals surface area contributed by atoms with Gasteiger partial charge in [0.15, 0.2) is 0 Å². The van der Waals surface area contributed by atoms with Crippen molar-refractivity contribution in [1.29, 1.82) is 0 Å². The number of benzene rings is 1. The second-order valence-corrected chi connectivity index (χ2v) is 4.48. The highest BCUT2D eigenvalue weighted by Crippen LogP contribution is 2.15. The summed E-state index contributed by atoms with van der Waals surface area (Å²) in [5.41, 5.74) is 2.45. The Bertz CT molecular complexity index is 441. The first-order valence-electron chi connectivity index (χ1n) is 5.98. The van der Waals surface area contributed by atoms with Crippen molar-refractivity contribution >= 4 is 27.7 Å². The van der Waals surface area contributed by atoms with Gasteiger partial charge in [-0.2, -0.15) is 0 Å². The molecule has 1 rings (SSSR count). The van der Waals surface area contributed by atoms with Gasteiger partial charge < -0.3 is 4.74 Å². The Hall–Kier alpha value is -1.16.